The lowest BCUT2D eigenvalue weighted by Gasteiger charge is -2.07. The Morgan fingerprint density at radius 2 is 1.73 bits per heavy atom. The van der Waals surface area contributed by atoms with E-state index in [-0.39, 0.29) is 5.91 Å². The molecule has 0 saturated heterocycles. The summed E-state index contributed by atoms with van der Waals surface area (Å²) in [6.45, 7) is 1.24. The number of hydrogen-bond donors (Lipinski definition) is 1. The van der Waals surface area contributed by atoms with E-state index >= 15 is 0 Å². The predicted molar refractivity (Wildman–Crippen MR) is 85.4 cm³/mol. The zero-order valence-corrected chi connectivity index (χ0v) is 12.1. The van der Waals surface area contributed by atoms with Crippen molar-refractivity contribution in [2.24, 2.45) is 0 Å². The Morgan fingerprint density at radius 1 is 0.955 bits per heavy atom. The van der Waals surface area contributed by atoms with Crippen molar-refractivity contribution in [2.45, 2.75) is 13.1 Å². The first-order valence-corrected chi connectivity index (χ1v) is 7.20. The normalized spacial score (nSPS) is 10.4. The molecule has 1 N–H and O–H groups in total. The quantitative estimate of drug-likeness (QED) is 0.785. The van der Waals surface area contributed by atoms with Crippen molar-refractivity contribution in [2.75, 3.05) is 0 Å². The fraction of sp³-hybridized carbons (Fsp3) is 0.111. The van der Waals surface area contributed by atoms with Gasteiger partial charge in [-0.3, -0.25) is 9.48 Å². The van der Waals surface area contributed by atoms with Crippen LogP contribution in [0.1, 0.15) is 21.5 Å². The van der Waals surface area contributed by atoms with Crippen LogP contribution >= 0.6 is 0 Å². The van der Waals surface area contributed by atoms with E-state index in [9.17, 15) is 4.79 Å². The van der Waals surface area contributed by atoms with Gasteiger partial charge >= 0.3 is 0 Å². The number of hydrogen-bond acceptors (Lipinski definition) is 2. The molecule has 0 aliphatic carbocycles. The molecular formula is C18H17N3O. The molecule has 0 atom stereocenters. The van der Waals surface area contributed by atoms with Crippen LogP contribution in [0.4, 0.5) is 0 Å². The van der Waals surface area contributed by atoms with E-state index in [1.54, 1.807) is 6.20 Å². The molecule has 0 saturated carbocycles. The molecule has 0 aliphatic heterocycles. The van der Waals surface area contributed by atoms with E-state index in [4.69, 9.17) is 0 Å². The minimum atomic E-state index is -0.0607. The van der Waals surface area contributed by atoms with Gasteiger partial charge in [0.25, 0.3) is 5.91 Å². The molecule has 0 bridgehead atoms. The smallest absolute Gasteiger partial charge is 0.251 e. The van der Waals surface area contributed by atoms with E-state index in [2.05, 4.69) is 10.4 Å². The fourth-order valence-corrected chi connectivity index (χ4v) is 2.22. The molecule has 0 unspecified atom stereocenters. The van der Waals surface area contributed by atoms with Gasteiger partial charge < -0.3 is 5.32 Å². The standard InChI is InChI=1S/C18H17N3O/c22-18(19-13-15-5-2-1-3-6-15)17-9-7-16(8-10-17)14-21-12-4-11-20-21/h1-12H,13-14H2,(H,19,22). The van der Waals surface area contributed by atoms with Gasteiger partial charge in [-0.15, -0.1) is 0 Å². The van der Waals surface area contributed by atoms with Crippen molar-refractivity contribution in [3.05, 3.63) is 89.7 Å². The number of rotatable bonds is 5. The average Bonchev–Trinajstić information content (AvgIpc) is 3.07. The highest BCUT2D eigenvalue weighted by molar-refractivity contribution is 5.94. The number of benzene rings is 2. The molecule has 1 heterocycles. The molecule has 0 aliphatic rings. The minimum Gasteiger partial charge on any atom is -0.348 e. The summed E-state index contributed by atoms with van der Waals surface area (Å²) in [7, 11) is 0. The monoisotopic (exact) mass is 291 g/mol. The third-order valence-corrected chi connectivity index (χ3v) is 3.42. The highest BCUT2D eigenvalue weighted by atomic mass is 16.1. The lowest BCUT2D eigenvalue weighted by molar-refractivity contribution is 0.0951. The number of carbonyl (C=O) groups excluding carboxylic acids is 1. The van der Waals surface area contributed by atoms with Gasteiger partial charge in [0, 0.05) is 24.5 Å². The van der Waals surface area contributed by atoms with Crippen LogP contribution in [-0.2, 0) is 13.1 Å². The molecule has 0 spiro atoms. The van der Waals surface area contributed by atoms with Crippen LogP contribution in [0.25, 0.3) is 0 Å². The van der Waals surface area contributed by atoms with Crippen molar-refractivity contribution >= 4 is 5.91 Å². The summed E-state index contributed by atoms with van der Waals surface area (Å²) in [6, 6.07) is 19.4. The van der Waals surface area contributed by atoms with Gasteiger partial charge in [0.15, 0.2) is 0 Å². The summed E-state index contributed by atoms with van der Waals surface area (Å²) in [6.07, 6.45) is 3.67. The number of carbonyl (C=O) groups is 1. The zero-order valence-electron chi connectivity index (χ0n) is 12.1. The minimum absolute atomic E-state index is 0.0607. The first kappa shape index (κ1) is 14.1. The fourth-order valence-electron chi connectivity index (χ4n) is 2.22. The lowest BCUT2D eigenvalue weighted by Crippen LogP contribution is -2.22. The van der Waals surface area contributed by atoms with Crippen molar-refractivity contribution < 1.29 is 4.79 Å². The van der Waals surface area contributed by atoms with Crippen LogP contribution in [-0.4, -0.2) is 15.7 Å². The SMILES string of the molecule is O=C(NCc1ccccc1)c1ccc(Cn2cccn2)cc1. The lowest BCUT2D eigenvalue weighted by atomic mass is 10.1. The molecule has 4 heteroatoms. The Balaban J connectivity index is 1.59. The summed E-state index contributed by atoms with van der Waals surface area (Å²) in [4.78, 5) is 12.1. The van der Waals surface area contributed by atoms with Crippen LogP contribution in [0.15, 0.2) is 73.1 Å². The summed E-state index contributed by atoms with van der Waals surface area (Å²) >= 11 is 0. The maximum absolute atomic E-state index is 12.1. The molecule has 22 heavy (non-hydrogen) atoms. The van der Waals surface area contributed by atoms with Crippen LogP contribution in [0.3, 0.4) is 0 Å². The molecule has 3 aromatic rings. The molecule has 4 nitrogen and oxygen atoms in total. The Morgan fingerprint density at radius 3 is 2.41 bits per heavy atom. The van der Waals surface area contributed by atoms with Crippen LogP contribution in [0, 0.1) is 0 Å². The highest BCUT2D eigenvalue weighted by Crippen LogP contribution is 2.07. The Labute approximate surface area is 129 Å². The number of amides is 1. The van der Waals surface area contributed by atoms with Gasteiger partial charge in [-0.25, -0.2) is 0 Å². The van der Waals surface area contributed by atoms with E-state index in [1.165, 1.54) is 0 Å². The Hall–Kier alpha value is -2.88. The van der Waals surface area contributed by atoms with Gasteiger partial charge in [-0.05, 0) is 29.3 Å². The second-order valence-electron chi connectivity index (χ2n) is 5.07. The van der Waals surface area contributed by atoms with Crippen LogP contribution < -0.4 is 5.32 Å². The van der Waals surface area contributed by atoms with Gasteiger partial charge in [0.05, 0.1) is 6.54 Å². The maximum Gasteiger partial charge on any atom is 0.251 e. The molecule has 1 aromatic heterocycles. The third kappa shape index (κ3) is 3.61. The van der Waals surface area contributed by atoms with E-state index in [1.807, 2.05) is 71.5 Å². The van der Waals surface area contributed by atoms with Gasteiger partial charge in [0.2, 0.25) is 0 Å². The largest absolute Gasteiger partial charge is 0.348 e. The molecular weight excluding hydrogens is 274 g/mol. The zero-order chi connectivity index (χ0) is 15.2. The molecule has 3 rings (SSSR count). The summed E-state index contributed by atoms with van der Waals surface area (Å²) in [5.41, 5.74) is 2.87. The van der Waals surface area contributed by atoms with Crippen molar-refractivity contribution in [1.82, 2.24) is 15.1 Å². The molecule has 0 radical (unpaired) electrons. The van der Waals surface area contributed by atoms with E-state index < -0.39 is 0 Å². The average molecular weight is 291 g/mol. The number of nitrogens with zero attached hydrogens (tertiary/aromatic N) is 2. The summed E-state index contributed by atoms with van der Waals surface area (Å²) in [5, 5.41) is 7.09. The van der Waals surface area contributed by atoms with Crippen molar-refractivity contribution in [3.63, 3.8) is 0 Å². The van der Waals surface area contributed by atoms with Crippen LogP contribution in [0.2, 0.25) is 0 Å². The molecule has 0 fully saturated rings. The first-order chi connectivity index (χ1) is 10.8. The van der Waals surface area contributed by atoms with Gasteiger partial charge in [-0.1, -0.05) is 42.5 Å². The van der Waals surface area contributed by atoms with E-state index in [0.717, 1.165) is 11.1 Å². The summed E-state index contributed by atoms with van der Waals surface area (Å²) < 4.78 is 1.85. The molecule has 110 valence electrons. The van der Waals surface area contributed by atoms with Crippen molar-refractivity contribution in [3.8, 4) is 0 Å². The number of aromatic nitrogens is 2. The second kappa shape index (κ2) is 6.72. The highest BCUT2D eigenvalue weighted by Gasteiger charge is 2.05. The first-order valence-electron chi connectivity index (χ1n) is 7.20. The van der Waals surface area contributed by atoms with Gasteiger partial charge in [-0.2, -0.15) is 5.10 Å². The third-order valence-electron chi connectivity index (χ3n) is 3.42. The molecule has 2 aromatic carbocycles. The predicted octanol–water partition coefficient (Wildman–Crippen LogP) is 2.86. The Kier molecular flexibility index (Phi) is 4.30. The second-order valence-corrected chi connectivity index (χ2v) is 5.07. The van der Waals surface area contributed by atoms with Gasteiger partial charge in [0.1, 0.15) is 0 Å². The number of nitrogens with one attached hydrogen (secondary N) is 1. The Bertz CT molecular complexity index is 719. The summed E-state index contributed by atoms with van der Waals surface area (Å²) in [5.74, 6) is -0.0607. The van der Waals surface area contributed by atoms with Crippen molar-refractivity contribution in [1.29, 1.82) is 0 Å². The topological polar surface area (TPSA) is 46.9 Å². The maximum atomic E-state index is 12.1. The van der Waals surface area contributed by atoms with Crippen LogP contribution in [0.5, 0.6) is 0 Å². The van der Waals surface area contributed by atoms with E-state index in [0.29, 0.717) is 18.7 Å². The molecule has 1 amide bonds.